The van der Waals surface area contributed by atoms with E-state index in [0.29, 0.717) is 33.5 Å². The molecule has 0 aliphatic heterocycles. The molecule has 0 aliphatic rings. The summed E-state index contributed by atoms with van der Waals surface area (Å²) in [6.45, 7) is -0.103. The van der Waals surface area contributed by atoms with Gasteiger partial charge in [-0.05, 0) is 54.1 Å². The molecule has 32 heavy (non-hydrogen) atoms. The first kappa shape index (κ1) is 22.5. The summed E-state index contributed by atoms with van der Waals surface area (Å²) < 4.78 is 15.6. The molecule has 0 fully saturated rings. The Morgan fingerprint density at radius 2 is 1.97 bits per heavy atom. The number of methoxy groups -OCH3 is 1. The van der Waals surface area contributed by atoms with Gasteiger partial charge in [0.05, 0.1) is 24.7 Å². The maximum absolute atomic E-state index is 12.4. The van der Waals surface area contributed by atoms with E-state index >= 15 is 0 Å². The Morgan fingerprint density at radius 3 is 2.69 bits per heavy atom. The summed E-state index contributed by atoms with van der Waals surface area (Å²) >= 11 is 6.03. The van der Waals surface area contributed by atoms with Gasteiger partial charge in [0, 0.05) is 11.1 Å². The lowest BCUT2D eigenvalue weighted by atomic mass is 10.2. The highest BCUT2D eigenvalue weighted by Crippen LogP contribution is 2.29. The second-order valence-electron chi connectivity index (χ2n) is 6.30. The minimum atomic E-state index is -0.478. The molecule has 0 aliphatic carbocycles. The third-order valence-corrected chi connectivity index (χ3v) is 4.37. The van der Waals surface area contributed by atoms with Crippen molar-refractivity contribution in [3.05, 3.63) is 77.2 Å². The number of nitriles is 1. The van der Waals surface area contributed by atoms with E-state index in [1.165, 1.54) is 31.6 Å². The Bertz CT molecular complexity index is 1180. The number of amides is 2. The normalized spacial score (nSPS) is 10.4. The molecule has 2 N–H and O–H groups in total. The van der Waals surface area contributed by atoms with Crippen LogP contribution in [0, 0.1) is 11.3 Å². The Labute approximate surface area is 189 Å². The number of rotatable bonds is 8. The largest absolute Gasteiger partial charge is 0.493 e. The molecule has 2 amide bonds. The fraction of sp³-hybridized carbons (Fsp3) is 0.0870. The molecule has 1 aromatic heterocycles. The van der Waals surface area contributed by atoms with E-state index in [4.69, 9.17) is 30.8 Å². The van der Waals surface area contributed by atoms with E-state index in [1.807, 2.05) is 6.07 Å². The summed E-state index contributed by atoms with van der Waals surface area (Å²) in [6.07, 6.45) is 4.30. The molecular formula is C23H18ClN3O5. The lowest BCUT2D eigenvalue weighted by Gasteiger charge is -2.11. The molecule has 0 bridgehead atoms. The van der Waals surface area contributed by atoms with Crippen molar-refractivity contribution < 1.29 is 23.5 Å². The van der Waals surface area contributed by atoms with Gasteiger partial charge in [-0.1, -0.05) is 17.7 Å². The molecule has 3 aromatic rings. The molecule has 3 rings (SSSR count). The third kappa shape index (κ3) is 5.90. The van der Waals surface area contributed by atoms with Crippen molar-refractivity contribution >= 4 is 40.9 Å². The number of carbonyl (C=O) groups excluding carboxylic acids is 2. The number of carbonyl (C=O) groups is 2. The maximum Gasteiger partial charge on any atom is 0.291 e. The lowest BCUT2D eigenvalue weighted by molar-refractivity contribution is -0.111. The molecule has 0 radical (unpaired) electrons. The van der Waals surface area contributed by atoms with Gasteiger partial charge < -0.3 is 24.5 Å². The Hall–Kier alpha value is -4.22. The summed E-state index contributed by atoms with van der Waals surface area (Å²) in [4.78, 5) is 24.7. The molecule has 0 spiro atoms. The number of furan rings is 1. The van der Waals surface area contributed by atoms with Crippen LogP contribution in [0.1, 0.15) is 16.1 Å². The quantitative estimate of drug-likeness (QED) is 0.478. The topological polar surface area (TPSA) is 114 Å². The number of hydrogen-bond acceptors (Lipinski definition) is 6. The fourth-order valence-electron chi connectivity index (χ4n) is 2.68. The van der Waals surface area contributed by atoms with Crippen LogP contribution >= 0.6 is 11.6 Å². The number of halogens is 1. The van der Waals surface area contributed by atoms with Crippen LogP contribution in [0.15, 0.2) is 65.3 Å². The van der Waals surface area contributed by atoms with Crippen LogP contribution in [-0.2, 0) is 4.79 Å². The second-order valence-corrected chi connectivity index (χ2v) is 6.74. The number of nitrogens with zero attached hydrogens (tertiary/aromatic N) is 1. The monoisotopic (exact) mass is 451 g/mol. The number of anilines is 2. The molecule has 0 saturated carbocycles. The average Bonchev–Trinajstić information content (AvgIpc) is 3.33. The molecule has 162 valence electrons. The van der Waals surface area contributed by atoms with Gasteiger partial charge in [0.1, 0.15) is 6.07 Å². The summed E-state index contributed by atoms with van der Waals surface area (Å²) in [5, 5.41) is 14.4. The van der Waals surface area contributed by atoms with E-state index in [-0.39, 0.29) is 12.4 Å². The Morgan fingerprint density at radius 1 is 1.12 bits per heavy atom. The van der Waals surface area contributed by atoms with Crippen LogP contribution in [0.3, 0.4) is 0 Å². The van der Waals surface area contributed by atoms with Gasteiger partial charge in [0.15, 0.2) is 23.9 Å². The Balaban J connectivity index is 1.71. The number of benzene rings is 2. The zero-order valence-electron chi connectivity index (χ0n) is 16.9. The number of ether oxygens (including phenoxy) is 2. The first-order valence-electron chi connectivity index (χ1n) is 9.31. The number of hydrogen-bond donors (Lipinski definition) is 2. The summed E-state index contributed by atoms with van der Waals surface area (Å²) in [6, 6.07) is 14.7. The predicted molar refractivity (Wildman–Crippen MR) is 120 cm³/mol. The van der Waals surface area contributed by atoms with Crippen molar-refractivity contribution in [2.45, 2.75) is 0 Å². The second kappa shape index (κ2) is 10.7. The van der Waals surface area contributed by atoms with E-state index < -0.39 is 11.8 Å². The molecule has 9 heteroatoms. The SMILES string of the molecule is COc1cc(/C=C/C(=O)Nc2ccc(Cl)cc2NC(=O)c2ccco2)ccc1OCC#N. The van der Waals surface area contributed by atoms with E-state index in [2.05, 4.69) is 10.6 Å². The Kier molecular flexibility index (Phi) is 7.51. The first-order valence-corrected chi connectivity index (χ1v) is 9.69. The highest BCUT2D eigenvalue weighted by Gasteiger charge is 2.13. The molecule has 1 heterocycles. The van der Waals surface area contributed by atoms with Crippen molar-refractivity contribution in [1.29, 1.82) is 5.26 Å². The molecule has 2 aromatic carbocycles. The van der Waals surface area contributed by atoms with Crippen molar-refractivity contribution in [3.63, 3.8) is 0 Å². The van der Waals surface area contributed by atoms with Crippen LogP contribution in [-0.4, -0.2) is 25.5 Å². The highest BCUT2D eigenvalue weighted by atomic mass is 35.5. The van der Waals surface area contributed by atoms with Gasteiger partial charge in [-0.25, -0.2) is 0 Å². The van der Waals surface area contributed by atoms with Crippen LogP contribution in [0.5, 0.6) is 11.5 Å². The standard InChI is InChI=1S/C23H18ClN3O5/c1-30-21-13-15(4-8-19(21)32-12-10-25)5-9-22(28)26-17-7-6-16(24)14-18(17)27-23(29)20-3-2-11-31-20/h2-9,11,13-14H,12H2,1H3,(H,26,28)(H,27,29)/b9-5+. The number of nitrogens with one attached hydrogen (secondary N) is 2. The summed E-state index contributed by atoms with van der Waals surface area (Å²) in [7, 11) is 1.48. The van der Waals surface area contributed by atoms with Crippen LogP contribution in [0.4, 0.5) is 11.4 Å². The van der Waals surface area contributed by atoms with Crippen LogP contribution in [0.2, 0.25) is 5.02 Å². The average molecular weight is 452 g/mol. The minimum absolute atomic E-state index is 0.103. The van der Waals surface area contributed by atoms with Gasteiger partial charge in [-0.3, -0.25) is 9.59 Å². The highest BCUT2D eigenvalue weighted by molar-refractivity contribution is 6.31. The van der Waals surface area contributed by atoms with Gasteiger partial charge in [0.25, 0.3) is 5.91 Å². The first-order chi connectivity index (χ1) is 15.5. The van der Waals surface area contributed by atoms with Crippen molar-refractivity contribution in [3.8, 4) is 17.6 Å². The molecular weight excluding hydrogens is 434 g/mol. The molecule has 8 nitrogen and oxygen atoms in total. The molecule has 0 atom stereocenters. The minimum Gasteiger partial charge on any atom is -0.493 e. The van der Waals surface area contributed by atoms with Gasteiger partial charge in [-0.2, -0.15) is 5.26 Å². The van der Waals surface area contributed by atoms with E-state index in [9.17, 15) is 9.59 Å². The van der Waals surface area contributed by atoms with Crippen molar-refractivity contribution in [1.82, 2.24) is 0 Å². The van der Waals surface area contributed by atoms with Crippen LogP contribution < -0.4 is 20.1 Å². The predicted octanol–water partition coefficient (Wildman–Crippen LogP) is 4.75. The third-order valence-electron chi connectivity index (χ3n) is 4.14. The van der Waals surface area contributed by atoms with Crippen LogP contribution in [0.25, 0.3) is 6.08 Å². The smallest absolute Gasteiger partial charge is 0.291 e. The van der Waals surface area contributed by atoms with Crippen molar-refractivity contribution in [2.75, 3.05) is 24.4 Å². The zero-order chi connectivity index (χ0) is 22.9. The molecule has 0 saturated heterocycles. The lowest BCUT2D eigenvalue weighted by Crippen LogP contribution is -2.15. The molecule has 0 unspecified atom stereocenters. The van der Waals surface area contributed by atoms with E-state index in [0.717, 1.165) is 0 Å². The fourth-order valence-corrected chi connectivity index (χ4v) is 2.86. The van der Waals surface area contributed by atoms with E-state index in [1.54, 1.807) is 42.5 Å². The summed E-state index contributed by atoms with van der Waals surface area (Å²) in [5.41, 5.74) is 1.37. The van der Waals surface area contributed by atoms with Crippen molar-refractivity contribution in [2.24, 2.45) is 0 Å². The summed E-state index contributed by atoms with van der Waals surface area (Å²) in [5.74, 6) is 0.0779. The zero-order valence-corrected chi connectivity index (χ0v) is 17.7. The van der Waals surface area contributed by atoms with Gasteiger partial charge in [-0.15, -0.1) is 0 Å². The van der Waals surface area contributed by atoms with Gasteiger partial charge >= 0.3 is 0 Å². The maximum atomic E-state index is 12.4. The van der Waals surface area contributed by atoms with Gasteiger partial charge in [0.2, 0.25) is 5.91 Å².